The first-order chi connectivity index (χ1) is 11.1. The summed E-state index contributed by atoms with van der Waals surface area (Å²) in [5, 5.41) is 9.03. The lowest BCUT2D eigenvalue weighted by Crippen LogP contribution is -2.57. The van der Waals surface area contributed by atoms with Crippen LogP contribution in [0.4, 0.5) is 0 Å². The Balaban J connectivity index is 1.69. The maximum atomic E-state index is 11.0. The standard InChI is InChI=1S/C19H28N2O2/c1-15-13-21(12-11-20(15)14-19(22)23)18-10-6-5-9-17(18)16-7-3-2-4-8-16/h2-4,7-8,15,17-18H,5-6,9-14H2,1H3,(H,22,23)/t15-,17?,18?/m1/s1. The molecule has 3 rings (SSSR count). The van der Waals surface area contributed by atoms with E-state index in [2.05, 4.69) is 47.1 Å². The second-order valence-corrected chi connectivity index (χ2v) is 7.08. The van der Waals surface area contributed by atoms with Crippen LogP contribution in [0, 0.1) is 0 Å². The number of hydrogen-bond acceptors (Lipinski definition) is 3. The van der Waals surface area contributed by atoms with Crippen LogP contribution >= 0.6 is 0 Å². The van der Waals surface area contributed by atoms with Crippen molar-refractivity contribution in [2.75, 3.05) is 26.2 Å². The van der Waals surface area contributed by atoms with Gasteiger partial charge in [-0.05, 0) is 31.2 Å². The molecule has 2 aliphatic rings. The lowest BCUT2D eigenvalue weighted by molar-refractivity contribution is -0.139. The molecule has 1 heterocycles. The molecule has 4 heteroatoms. The molecule has 23 heavy (non-hydrogen) atoms. The van der Waals surface area contributed by atoms with Crippen molar-refractivity contribution >= 4 is 5.97 Å². The van der Waals surface area contributed by atoms with Gasteiger partial charge in [0.2, 0.25) is 0 Å². The van der Waals surface area contributed by atoms with Gasteiger partial charge in [-0.15, -0.1) is 0 Å². The molecular formula is C19H28N2O2. The van der Waals surface area contributed by atoms with Gasteiger partial charge >= 0.3 is 5.97 Å². The number of rotatable bonds is 4. The lowest BCUT2D eigenvalue weighted by Gasteiger charge is -2.46. The highest BCUT2D eigenvalue weighted by atomic mass is 16.4. The van der Waals surface area contributed by atoms with Gasteiger partial charge in [0.15, 0.2) is 0 Å². The van der Waals surface area contributed by atoms with Gasteiger partial charge in [0, 0.05) is 31.7 Å². The fraction of sp³-hybridized carbons (Fsp3) is 0.632. The van der Waals surface area contributed by atoms with E-state index in [0.29, 0.717) is 18.0 Å². The molecule has 0 aromatic heterocycles. The molecule has 126 valence electrons. The van der Waals surface area contributed by atoms with Crippen LogP contribution in [0.25, 0.3) is 0 Å². The van der Waals surface area contributed by atoms with Gasteiger partial charge in [-0.2, -0.15) is 0 Å². The third-order valence-corrected chi connectivity index (χ3v) is 5.56. The molecule has 1 saturated heterocycles. The number of carbonyl (C=O) groups is 1. The summed E-state index contributed by atoms with van der Waals surface area (Å²) in [6, 6.07) is 11.9. The molecule has 0 bridgehead atoms. The van der Waals surface area contributed by atoms with Crippen LogP contribution in [0.2, 0.25) is 0 Å². The Labute approximate surface area is 139 Å². The highest BCUT2D eigenvalue weighted by Gasteiger charge is 2.35. The van der Waals surface area contributed by atoms with Crippen molar-refractivity contribution in [2.45, 2.75) is 50.6 Å². The van der Waals surface area contributed by atoms with Crippen molar-refractivity contribution in [1.82, 2.24) is 9.80 Å². The number of carboxylic acids is 1. The number of carboxylic acid groups (broad SMARTS) is 1. The second-order valence-electron chi connectivity index (χ2n) is 7.08. The van der Waals surface area contributed by atoms with Gasteiger partial charge < -0.3 is 5.11 Å². The quantitative estimate of drug-likeness (QED) is 0.928. The average molecular weight is 316 g/mol. The summed E-state index contributed by atoms with van der Waals surface area (Å²) in [6.07, 6.45) is 5.19. The third kappa shape index (κ3) is 3.93. The van der Waals surface area contributed by atoms with E-state index in [4.69, 9.17) is 5.11 Å². The fourth-order valence-electron chi connectivity index (χ4n) is 4.37. The highest BCUT2D eigenvalue weighted by molar-refractivity contribution is 5.69. The Morgan fingerprint density at radius 2 is 1.91 bits per heavy atom. The first-order valence-corrected chi connectivity index (χ1v) is 8.90. The van der Waals surface area contributed by atoms with Crippen molar-refractivity contribution in [3.63, 3.8) is 0 Å². The fourth-order valence-corrected chi connectivity index (χ4v) is 4.37. The maximum Gasteiger partial charge on any atom is 0.317 e. The van der Waals surface area contributed by atoms with Gasteiger partial charge in [0.05, 0.1) is 6.54 Å². The molecule has 0 amide bonds. The minimum atomic E-state index is -0.717. The lowest BCUT2D eigenvalue weighted by atomic mass is 9.79. The summed E-state index contributed by atoms with van der Waals surface area (Å²) in [4.78, 5) is 15.7. The van der Waals surface area contributed by atoms with E-state index < -0.39 is 5.97 Å². The molecule has 0 spiro atoms. The summed E-state index contributed by atoms with van der Waals surface area (Å²) in [5.41, 5.74) is 1.47. The summed E-state index contributed by atoms with van der Waals surface area (Å²) < 4.78 is 0. The summed E-state index contributed by atoms with van der Waals surface area (Å²) in [6.45, 7) is 5.18. The van der Waals surface area contributed by atoms with Gasteiger partial charge in [0.1, 0.15) is 0 Å². The van der Waals surface area contributed by atoms with Crippen LogP contribution in [0.1, 0.15) is 44.1 Å². The Morgan fingerprint density at radius 3 is 2.61 bits per heavy atom. The maximum absolute atomic E-state index is 11.0. The minimum Gasteiger partial charge on any atom is -0.480 e. The van der Waals surface area contributed by atoms with E-state index in [1.54, 1.807) is 0 Å². The van der Waals surface area contributed by atoms with Crippen LogP contribution in [0.15, 0.2) is 30.3 Å². The minimum absolute atomic E-state index is 0.168. The van der Waals surface area contributed by atoms with Gasteiger partial charge in [-0.3, -0.25) is 14.6 Å². The smallest absolute Gasteiger partial charge is 0.317 e. The summed E-state index contributed by atoms with van der Waals surface area (Å²) in [7, 11) is 0. The Morgan fingerprint density at radius 1 is 1.17 bits per heavy atom. The van der Waals surface area contributed by atoms with Crippen LogP contribution in [-0.2, 0) is 4.79 Å². The van der Waals surface area contributed by atoms with E-state index in [0.717, 1.165) is 19.6 Å². The zero-order chi connectivity index (χ0) is 16.2. The Hall–Kier alpha value is -1.39. The van der Waals surface area contributed by atoms with Crippen LogP contribution in [0.3, 0.4) is 0 Å². The normalized spacial score (nSPS) is 30.2. The van der Waals surface area contributed by atoms with Gasteiger partial charge in [-0.25, -0.2) is 0 Å². The molecule has 2 fully saturated rings. The number of piperazine rings is 1. The largest absolute Gasteiger partial charge is 0.480 e. The van der Waals surface area contributed by atoms with Crippen molar-refractivity contribution < 1.29 is 9.90 Å². The van der Waals surface area contributed by atoms with Crippen molar-refractivity contribution in [1.29, 1.82) is 0 Å². The van der Waals surface area contributed by atoms with E-state index in [1.165, 1.54) is 31.2 Å². The zero-order valence-corrected chi connectivity index (χ0v) is 14.0. The van der Waals surface area contributed by atoms with Crippen molar-refractivity contribution in [3.05, 3.63) is 35.9 Å². The first kappa shape index (κ1) is 16.5. The number of aliphatic carboxylic acids is 1. The molecule has 1 aliphatic carbocycles. The van der Waals surface area contributed by atoms with E-state index in [1.807, 2.05) is 0 Å². The molecule has 1 aromatic rings. The van der Waals surface area contributed by atoms with Gasteiger partial charge in [0.25, 0.3) is 0 Å². The molecule has 1 aliphatic heterocycles. The summed E-state index contributed by atoms with van der Waals surface area (Å²) in [5.74, 6) is -0.0895. The molecule has 0 radical (unpaired) electrons. The topological polar surface area (TPSA) is 43.8 Å². The monoisotopic (exact) mass is 316 g/mol. The van der Waals surface area contributed by atoms with E-state index >= 15 is 0 Å². The molecule has 1 aromatic carbocycles. The van der Waals surface area contributed by atoms with Crippen molar-refractivity contribution in [2.24, 2.45) is 0 Å². The molecule has 1 N–H and O–H groups in total. The Kier molecular flexibility index (Phi) is 5.34. The summed E-state index contributed by atoms with van der Waals surface area (Å²) >= 11 is 0. The Bertz CT molecular complexity index is 519. The predicted molar refractivity (Wildman–Crippen MR) is 91.7 cm³/mol. The number of nitrogens with zero attached hydrogens (tertiary/aromatic N) is 2. The molecule has 1 saturated carbocycles. The van der Waals surface area contributed by atoms with Crippen LogP contribution in [0.5, 0.6) is 0 Å². The van der Waals surface area contributed by atoms with Crippen molar-refractivity contribution in [3.8, 4) is 0 Å². The zero-order valence-electron chi connectivity index (χ0n) is 14.0. The van der Waals surface area contributed by atoms with Crippen LogP contribution in [-0.4, -0.2) is 59.1 Å². The van der Waals surface area contributed by atoms with Gasteiger partial charge in [-0.1, -0.05) is 43.2 Å². The highest BCUT2D eigenvalue weighted by Crippen LogP contribution is 2.36. The van der Waals surface area contributed by atoms with E-state index in [-0.39, 0.29) is 6.54 Å². The van der Waals surface area contributed by atoms with E-state index in [9.17, 15) is 4.79 Å². The molecule has 4 nitrogen and oxygen atoms in total. The molecular weight excluding hydrogens is 288 g/mol. The third-order valence-electron chi connectivity index (χ3n) is 5.56. The SMILES string of the molecule is C[C@@H]1CN(C2CCCCC2c2ccccc2)CCN1CC(=O)O. The number of benzene rings is 1. The number of hydrogen-bond donors (Lipinski definition) is 1. The first-order valence-electron chi connectivity index (χ1n) is 8.90. The molecule has 2 unspecified atom stereocenters. The predicted octanol–water partition coefficient (Wildman–Crippen LogP) is 2.80. The average Bonchev–Trinajstić information content (AvgIpc) is 2.57. The van der Waals surface area contributed by atoms with Crippen LogP contribution < -0.4 is 0 Å². The molecule has 3 atom stereocenters. The second kappa shape index (κ2) is 7.45.